The molecule has 30 heavy (non-hydrogen) atoms. The zero-order valence-corrected chi connectivity index (χ0v) is 17.3. The molecule has 0 heterocycles. The second kappa shape index (κ2) is 9.95. The monoisotopic (exact) mass is 447 g/mol. The van der Waals surface area contributed by atoms with Crippen molar-refractivity contribution in [2.75, 3.05) is 21.3 Å². The third-order valence-corrected chi connectivity index (χ3v) is 5.08. The van der Waals surface area contributed by atoms with E-state index in [9.17, 15) is 31.1 Å². The molecular formula is C18H15F6LiO4P+. The first kappa shape index (κ1) is 26.2. The maximum absolute atomic E-state index is 13.3. The summed E-state index contributed by atoms with van der Waals surface area (Å²) in [7, 11) is 2.68. The van der Waals surface area contributed by atoms with E-state index in [-0.39, 0.29) is 41.4 Å². The number of carbonyl (C=O) groups is 1. The quantitative estimate of drug-likeness (QED) is 0.386. The van der Waals surface area contributed by atoms with Crippen LogP contribution in [0, 0.1) is 0 Å². The Morgan fingerprint density at radius 1 is 0.833 bits per heavy atom. The van der Waals surface area contributed by atoms with Gasteiger partial charge >= 0.3 is 31.2 Å². The van der Waals surface area contributed by atoms with Crippen molar-refractivity contribution in [3.63, 3.8) is 0 Å². The summed E-state index contributed by atoms with van der Waals surface area (Å²) in [6.07, 6.45) is -10.3. The molecule has 2 aromatic carbocycles. The molecule has 0 spiro atoms. The molecule has 2 rings (SSSR count). The van der Waals surface area contributed by atoms with Crippen LogP contribution < -0.4 is 38.4 Å². The van der Waals surface area contributed by atoms with Gasteiger partial charge in [0.15, 0.2) is 5.52 Å². The van der Waals surface area contributed by atoms with Crippen molar-refractivity contribution in [3.05, 3.63) is 47.0 Å². The normalized spacial score (nSPS) is 11.9. The van der Waals surface area contributed by atoms with Crippen molar-refractivity contribution in [2.24, 2.45) is 0 Å². The third kappa shape index (κ3) is 5.63. The van der Waals surface area contributed by atoms with Crippen molar-refractivity contribution in [1.82, 2.24) is 0 Å². The van der Waals surface area contributed by atoms with Gasteiger partial charge in [0.2, 0.25) is 0 Å². The van der Waals surface area contributed by atoms with Crippen molar-refractivity contribution in [1.29, 1.82) is 0 Å². The molecule has 0 fully saturated rings. The Balaban J connectivity index is 0.00000450. The molecule has 0 aliphatic carbocycles. The van der Waals surface area contributed by atoms with Crippen LogP contribution >= 0.6 is 8.58 Å². The number of methoxy groups -OCH3 is 3. The molecular weight excluding hydrogens is 432 g/mol. The molecule has 0 saturated heterocycles. The van der Waals surface area contributed by atoms with Gasteiger partial charge in [0, 0.05) is 17.7 Å². The van der Waals surface area contributed by atoms with Crippen molar-refractivity contribution in [3.8, 4) is 17.2 Å². The maximum Gasteiger partial charge on any atom is 1.00 e. The molecule has 158 valence electrons. The average molecular weight is 447 g/mol. The van der Waals surface area contributed by atoms with Crippen molar-refractivity contribution >= 4 is 19.4 Å². The molecule has 0 radical (unpaired) electrons. The van der Waals surface area contributed by atoms with Crippen LogP contribution in [0.4, 0.5) is 26.3 Å². The molecule has 0 aliphatic rings. The van der Waals surface area contributed by atoms with Crippen molar-refractivity contribution < 1.29 is 64.2 Å². The maximum atomic E-state index is 13.3. The topological polar surface area (TPSA) is 44.8 Å². The standard InChI is InChI=1S/C18H15F6O4P.Li/c1-26-9-7-12(27-2)15(13(8-9)28-3)29-16(25)14-10(17(19,20)21)5-4-6-11(14)18(22,23)24;/h4-8,29H,1-3H3;/q;+1. The number of halogens is 6. The van der Waals surface area contributed by atoms with E-state index in [1.807, 2.05) is 0 Å². The molecule has 12 heteroatoms. The predicted molar refractivity (Wildman–Crippen MR) is 94.8 cm³/mol. The minimum Gasteiger partial charge on any atom is -0.496 e. The summed E-state index contributed by atoms with van der Waals surface area (Å²) in [4.78, 5) is 12.7. The summed E-state index contributed by atoms with van der Waals surface area (Å²) in [5.41, 5.74) is -6.11. The molecule has 0 N–H and O–H groups in total. The van der Waals surface area contributed by atoms with Gasteiger partial charge < -0.3 is 14.2 Å². The Morgan fingerprint density at radius 2 is 1.27 bits per heavy atom. The number of alkyl halides is 6. The summed E-state index contributed by atoms with van der Waals surface area (Å²) >= 11 is 0. The molecule has 0 bridgehead atoms. The summed E-state index contributed by atoms with van der Waals surface area (Å²) < 4.78 is 95.2. The molecule has 1 unspecified atom stereocenters. The smallest absolute Gasteiger partial charge is 0.496 e. The number of ether oxygens (including phenoxy) is 3. The second-order valence-electron chi connectivity index (χ2n) is 5.58. The van der Waals surface area contributed by atoms with Crippen molar-refractivity contribution in [2.45, 2.75) is 12.4 Å². The number of hydrogen-bond donors (Lipinski definition) is 0. The van der Waals surface area contributed by atoms with Gasteiger partial charge in [0.05, 0.1) is 37.8 Å². The molecule has 2 aromatic rings. The van der Waals surface area contributed by atoms with Gasteiger partial charge in [-0.15, -0.1) is 0 Å². The van der Waals surface area contributed by atoms with Gasteiger partial charge in [-0.3, -0.25) is 4.79 Å². The zero-order chi connectivity index (χ0) is 22.0. The van der Waals surface area contributed by atoms with Crippen LogP contribution in [0.2, 0.25) is 0 Å². The molecule has 1 atom stereocenters. The van der Waals surface area contributed by atoms with Crippen LogP contribution in [0.5, 0.6) is 17.2 Å². The first-order valence-electron chi connectivity index (χ1n) is 7.82. The molecule has 0 saturated carbocycles. The molecule has 0 aromatic heterocycles. The molecule has 4 nitrogen and oxygen atoms in total. The van der Waals surface area contributed by atoms with E-state index in [0.717, 1.165) is 0 Å². The van der Waals surface area contributed by atoms with E-state index in [1.165, 1.54) is 33.5 Å². The first-order chi connectivity index (χ1) is 13.4. The number of carbonyl (C=O) groups excluding carboxylic acids is 1. The Morgan fingerprint density at radius 3 is 1.60 bits per heavy atom. The van der Waals surface area contributed by atoms with Gasteiger partial charge in [-0.05, 0) is 20.7 Å². The Hall–Kier alpha value is -1.88. The fraction of sp³-hybridized carbons (Fsp3) is 0.278. The van der Waals surface area contributed by atoms with Gasteiger partial charge in [-0.1, -0.05) is 6.07 Å². The third-order valence-electron chi connectivity index (χ3n) is 3.86. The summed E-state index contributed by atoms with van der Waals surface area (Å²) in [6.45, 7) is 0. The van der Waals surface area contributed by atoms with Crippen LogP contribution in [0.25, 0.3) is 0 Å². The SMILES string of the molecule is COc1cc(OC)c(PC(=O)c2c(C(F)(F)F)cccc2C(F)(F)F)c(OC)c1.[Li+]. The van der Waals surface area contributed by atoms with E-state index in [1.54, 1.807) is 0 Å². The van der Waals surface area contributed by atoms with E-state index < -0.39 is 43.1 Å². The fourth-order valence-electron chi connectivity index (χ4n) is 2.57. The minimum absolute atomic E-state index is 0. The van der Waals surface area contributed by atoms with Gasteiger partial charge in [-0.25, -0.2) is 0 Å². The largest absolute Gasteiger partial charge is 1.00 e. The Bertz CT molecular complexity index is 857. The van der Waals surface area contributed by atoms with Crippen LogP contribution in [-0.2, 0) is 12.4 Å². The zero-order valence-electron chi connectivity index (χ0n) is 16.3. The van der Waals surface area contributed by atoms with E-state index in [0.29, 0.717) is 18.2 Å². The van der Waals surface area contributed by atoms with Crippen LogP contribution in [0.15, 0.2) is 30.3 Å². The second-order valence-corrected chi connectivity index (χ2v) is 6.79. The van der Waals surface area contributed by atoms with Crippen LogP contribution in [0.1, 0.15) is 21.5 Å². The number of rotatable bonds is 6. The number of benzene rings is 2. The summed E-state index contributed by atoms with van der Waals surface area (Å²) in [5, 5.41) is 0.0194. The minimum atomic E-state index is -5.15. The Kier molecular flexibility index (Phi) is 8.67. The summed E-state index contributed by atoms with van der Waals surface area (Å²) in [5.74, 6) is 0.336. The fourth-order valence-corrected chi connectivity index (χ4v) is 3.79. The summed E-state index contributed by atoms with van der Waals surface area (Å²) in [6, 6.07) is 4.18. The van der Waals surface area contributed by atoms with Crippen LogP contribution in [-0.4, -0.2) is 26.9 Å². The average Bonchev–Trinajstić information content (AvgIpc) is 2.65. The number of hydrogen-bond acceptors (Lipinski definition) is 4. The van der Waals surface area contributed by atoms with Gasteiger partial charge in [0.1, 0.15) is 17.2 Å². The van der Waals surface area contributed by atoms with E-state index in [2.05, 4.69) is 0 Å². The molecule has 0 amide bonds. The van der Waals surface area contributed by atoms with Gasteiger partial charge in [0.25, 0.3) is 0 Å². The van der Waals surface area contributed by atoms with Crippen LogP contribution in [0.3, 0.4) is 0 Å². The molecule has 0 aliphatic heterocycles. The van der Waals surface area contributed by atoms with E-state index in [4.69, 9.17) is 14.2 Å². The predicted octanol–water partition coefficient (Wildman–Crippen LogP) is 1.90. The Labute approximate surface area is 181 Å². The van der Waals surface area contributed by atoms with E-state index >= 15 is 0 Å². The van der Waals surface area contributed by atoms with Gasteiger partial charge in [-0.2, -0.15) is 26.3 Å². The first-order valence-corrected chi connectivity index (χ1v) is 8.82.